The maximum absolute atomic E-state index is 12.5. The monoisotopic (exact) mass is 349 g/mol. The lowest BCUT2D eigenvalue weighted by Crippen LogP contribution is -2.39. The Balaban J connectivity index is 1.79. The van der Waals surface area contributed by atoms with Crippen molar-refractivity contribution in [1.29, 1.82) is 0 Å². The number of hydrogen-bond donors (Lipinski definition) is 1. The second-order valence-electron chi connectivity index (χ2n) is 6.50. The Morgan fingerprint density at radius 3 is 2.72 bits per heavy atom. The molecule has 1 N–H and O–H groups in total. The zero-order valence-corrected chi connectivity index (χ0v) is 15.5. The molecule has 140 valence electrons. The molecular formula is C20H31NO4. The molecule has 0 spiro atoms. The molecule has 0 unspecified atom stereocenters. The van der Waals surface area contributed by atoms with E-state index >= 15 is 0 Å². The highest BCUT2D eigenvalue weighted by atomic mass is 16.5. The third kappa shape index (κ3) is 7.04. The lowest BCUT2D eigenvalue weighted by Gasteiger charge is -2.23. The number of unbranched alkanes of at least 4 members (excludes halogenated alkanes) is 1. The van der Waals surface area contributed by atoms with E-state index < -0.39 is 0 Å². The van der Waals surface area contributed by atoms with Crippen LogP contribution in [0.2, 0.25) is 0 Å². The van der Waals surface area contributed by atoms with Crippen LogP contribution in [-0.2, 0) is 9.47 Å². The number of amides is 1. The topological polar surface area (TPSA) is 56.8 Å². The number of benzene rings is 1. The van der Waals surface area contributed by atoms with Crippen LogP contribution in [0.4, 0.5) is 0 Å². The molecule has 1 aliphatic rings. The van der Waals surface area contributed by atoms with Crippen LogP contribution in [0.15, 0.2) is 18.2 Å². The minimum absolute atomic E-state index is 0.0299. The quantitative estimate of drug-likeness (QED) is 0.657. The molecule has 1 aromatic carbocycles. The minimum atomic E-state index is -0.0299. The van der Waals surface area contributed by atoms with Crippen LogP contribution in [0.3, 0.4) is 0 Å². The molecule has 0 radical (unpaired) electrons. The van der Waals surface area contributed by atoms with Gasteiger partial charge in [-0.1, -0.05) is 19.4 Å². The molecule has 0 bridgehead atoms. The van der Waals surface area contributed by atoms with Gasteiger partial charge in [0.1, 0.15) is 5.75 Å². The van der Waals surface area contributed by atoms with Gasteiger partial charge in [-0.15, -0.1) is 0 Å². The van der Waals surface area contributed by atoms with Gasteiger partial charge in [0.05, 0.1) is 6.61 Å². The number of rotatable bonds is 10. The maximum atomic E-state index is 12.5. The van der Waals surface area contributed by atoms with E-state index in [1.807, 2.05) is 25.1 Å². The van der Waals surface area contributed by atoms with E-state index in [2.05, 4.69) is 12.2 Å². The third-order valence-electron chi connectivity index (χ3n) is 4.35. The Hall–Kier alpha value is -1.59. The first-order chi connectivity index (χ1) is 12.2. The minimum Gasteiger partial charge on any atom is -0.493 e. The highest BCUT2D eigenvalue weighted by molar-refractivity contribution is 5.96. The first kappa shape index (κ1) is 19.7. The van der Waals surface area contributed by atoms with Crippen LogP contribution in [0.25, 0.3) is 0 Å². The van der Waals surface area contributed by atoms with Crippen molar-refractivity contribution in [3.63, 3.8) is 0 Å². The fraction of sp³-hybridized carbons (Fsp3) is 0.650. The van der Waals surface area contributed by atoms with E-state index in [9.17, 15) is 4.79 Å². The Morgan fingerprint density at radius 2 is 1.96 bits per heavy atom. The van der Waals surface area contributed by atoms with Crippen LogP contribution < -0.4 is 10.1 Å². The molecule has 1 fully saturated rings. The Bertz CT molecular complexity index is 526. The second kappa shape index (κ2) is 11.1. The summed E-state index contributed by atoms with van der Waals surface area (Å²) in [4.78, 5) is 12.5. The van der Waals surface area contributed by atoms with Crippen LogP contribution >= 0.6 is 0 Å². The van der Waals surface area contributed by atoms with Crippen molar-refractivity contribution < 1.29 is 19.0 Å². The van der Waals surface area contributed by atoms with Gasteiger partial charge in [0.25, 0.3) is 5.91 Å². The van der Waals surface area contributed by atoms with Gasteiger partial charge >= 0.3 is 0 Å². The fourth-order valence-corrected chi connectivity index (χ4v) is 2.74. The lowest BCUT2D eigenvalue weighted by atomic mass is 10.1. The molecule has 25 heavy (non-hydrogen) atoms. The van der Waals surface area contributed by atoms with E-state index in [1.54, 1.807) is 0 Å². The van der Waals surface area contributed by atoms with E-state index in [0.717, 1.165) is 50.0 Å². The summed E-state index contributed by atoms with van der Waals surface area (Å²) in [7, 11) is 0. The van der Waals surface area contributed by atoms with E-state index in [-0.39, 0.29) is 11.9 Å². The van der Waals surface area contributed by atoms with E-state index in [1.165, 1.54) is 0 Å². The molecule has 0 aromatic heterocycles. The Labute approximate surface area is 151 Å². The summed E-state index contributed by atoms with van der Waals surface area (Å²) in [6, 6.07) is 5.89. The molecule has 1 saturated heterocycles. The van der Waals surface area contributed by atoms with Crippen molar-refractivity contribution in [3.05, 3.63) is 29.3 Å². The highest BCUT2D eigenvalue weighted by Crippen LogP contribution is 2.18. The standard InChI is InChI=1S/C20H31NO4/c1-3-4-10-23-11-5-12-25-18-7-6-16(2)19(15-18)20(22)21-17-8-13-24-14-9-17/h6-7,15,17H,3-5,8-14H2,1-2H3,(H,21,22). The Morgan fingerprint density at radius 1 is 1.20 bits per heavy atom. The number of carbonyl (C=O) groups is 1. The molecule has 2 rings (SSSR count). The van der Waals surface area contributed by atoms with Gasteiger partial charge in [-0.3, -0.25) is 4.79 Å². The van der Waals surface area contributed by atoms with Crippen molar-refractivity contribution >= 4 is 5.91 Å². The van der Waals surface area contributed by atoms with Crippen molar-refractivity contribution in [3.8, 4) is 5.75 Å². The zero-order valence-electron chi connectivity index (χ0n) is 15.5. The number of carbonyl (C=O) groups excluding carboxylic acids is 1. The van der Waals surface area contributed by atoms with Gasteiger partial charge < -0.3 is 19.5 Å². The molecular weight excluding hydrogens is 318 g/mol. The summed E-state index contributed by atoms with van der Waals surface area (Å²) >= 11 is 0. The molecule has 1 aliphatic heterocycles. The van der Waals surface area contributed by atoms with Crippen LogP contribution in [0.5, 0.6) is 5.75 Å². The van der Waals surface area contributed by atoms with Crippen LogP contribution in [0.1, 0.15) is 54.9 Å². The van der Waals surface area contributed by atoms with E-state index in [4.69, 9.17) is 14.2 Å². The summed E-state index contributed by atoms with van der Waals surface area (Å²) in [5.41, 5.74) is 1.64. The average molecular weight is 349 g/mol. The first-order valence-corrected chi connectivity index (χ1v) is 9.40. The SMILES string of the molecule is CCCCOCCCOc1ccc(C)c(C(=O)NC2CCOCC2)c1. The summed E-state index contributed by atoms with van der Waals surface area (Å²) in [6.45, 7) is 7.65. The normalized spacial score (nSPS) is 15.1. The predicted molar refractivity (Wildman–Crippen MR) is 98.3 cm³/mol. The smallest absolute Gasteiger partial charge is 0.251 e. The largest absolute Gasteiger partial charge is 0.493 e. The summed E-state index contributed by atoms with van der Waals surface area (Å²) < 4.78 is 16.6. The molecule has 1 aromatic rings. The van der Waals surface area contributed by atoms with Crippen molar-refractivity contribution in [1.82, 2.24) is 5.32 Å². The maximum Gasteiger partial charge on any atom is 0.251 e. The third-order valence-corrected chi connectivity index (χ3v) is 4.35. The van der Waals surface area contributed by atoms with Gasteiger partial charge in [-0.05, 0) is 43.9 Å². The molecule has 0 aliphatic carbocycles. The molecule has 0 saturated carbocycles. The average Bonchev–Trinajstić information content (AvgIpc) is 2.63. The number of aryl methyl sites for hydroxylation is 1. The van der Waals surface area contributed by atoms with Crippen molar-refractivity contribution in [2.24, 2.45) is 0 Å². The van der Waals surface area contributed by atoms with Gasteiger partial charge in [-0.25, -0.2) is 0 Å². The van der Waals surface area contributed by atoms with Crippen LogP contribution in [0, 0.1) is 6.92 Å². The molecule has 0 atom stereocenters. The van der Waals surface area contributed by atoms with Gasteiger partial charge in [0.15, 0.2) is 0 Å². The lowest BCUT2D eigenvalue weighted by molar-refractivity contribution is 0.0696. The molecule has 5 heteroatoms. The van der Waals surface area contributed by atoms with Gasteiger partial charge in [0, 0.05) is 44.5 Å². The van der Waals surface area contributed by atoms with Crippen molar-refractivity contribution in [2.75, 3.05) is 33.0 Å². The zero-order chi connectivity index (χ0) is 17.9. The van der Waals surface area contributed by atoms with E-state index in [0.29, 0.717) is 32.0 Å². The number of nitrogens with one attached hydrogen (secondary N) is 1. The van der Waals surface area contributed by atoms with Crippen molar-refractivity contribution in [2.45, 2.75) is 52.0 Å². The summed E-state index contributed by atoms with van der Waals surface area (Å²) in [5.74, 6) is 0.703. The fourth-order valence-electron chi connectivity index (χ4n) is 2.74. The molecule has 5 nitrogen and oxygen atoms in total. The van der Waals surface area contributed by atoms with Gasteiger partial charge in [0.2, 0.25) is 0 Å². The first-order valence-electron chi connectivity index (χ1n) is 9.40. The highest BCUT2D eigenvalue weighted by Gasteiger charge is 2.18. The Kier molecular flexibility index (Phi) is 8.77. The number of ether oxygens (including phenoxy) is 3. The van der Waals surface area contributed by atoms with Crippen LogP contribution in [-0.4, -0.2) is 45.0 Å². The van der Waals surface area contributed by atoms with Gasteiger partial charge in [-0.2, -0.15) is 0 Å². The predicted octanol–water partition coefficient (Wildman–Crippen LogP) is 3.49. The molecule has 1 amide bonds. The molecule has 1 heterocycles. The number of hydrogen-bond acceptors (Lipinski definition) is 4. The second-order valence-corrected chi connectivity index (χ2v) is 6.50. The summed E-state index contributed by atoms with van der Waals surface area (Å²) in [6.07, 6.45) is 4.85. The summed E-state index contributed by atoms with van der Waals surface area (Å²) in [5, 5.41) is 3.10.